The average Bonchev–Trinajstić information content (AvgIpc) is 2.48. The lowest BCUT2D eigenvalue weighted by Gasteiger charge is -2.08. The van der Waals surface area contributed by atoms with Crippen LogP contribution >= 0.6 is 0 Å². The first kappa shape index (κ1) is 13.5. The van der Waals surface area contributed by atoms with Crippen molar-refractivity contribution in [3.8, 4) is 0 Å². The van der Waals surface area contributed by atoms with Gasteiger partial charge in [0.2, 0.25) is 0 Å². The second-order valence-corrected chi connectivity index (χ2v) is 4.37. The molecule has 2 nitrogen and oxygen atoms in total. The molecule has 0 fully saturated rings. The minimum absolute atomic E-state index is 0.0772. The van der Waals surface area contributed by atoms with Crippen LogP contribution in [0.25, 0.3) is 6.08 Å². The van der Waals surface area contributed by atoms with Gasteiger partial charge >= 0.3 is 0 Å². The van der Waals surface area contributed by atoms with Gasteiger partial charge in [0.25, 0.3) is 0 Å². The first-order chi connectivity index (χ1) is 9.33. The molecule has 0 spiro atoms. The van der Waals surface area contributed by atoms with E-state index in [0.29, 0.717) is 13.2 Å². The van der Waals surface area contributed by atoms with Gasteiger partial charge in [-0.2, -0.15) is 0 Å². The molecule has 98 valence electrons. The predicted octanol–water partition coefficient (Wildman–Crippen LogP) is 3.54. The zero-order chi connectivity index (χ0) is 13.5. The fraction of sp³-hybridized carbons (Fsp3) is 0.176. The monoisotopic (exact) mass is 254 g/mol. The van der Waals surface area contributed by atoms with E-state index in [-0.39, 0.29) is 6.61 Å². The number of hydrogen-bond acceptors (Lipinski definition) is 2. The van der Waals surface area contributed by atoms with Gasteiger partial charge in [-0.3, -0.25) is 0 Å². The Morgan fingerprint density at radius 3 is 2.32 bits per heavy atom. The maximum absolute atomic E-state index is 8.97. The summed E-state index contributed by atoms with van der Waals surface area (Å²) in [5.41, 5.74) is 4.27. The fourth-order valence-corrected chi connectivity index (χ4v) is 1.88. The second kappa shape index (κ2) is 6.88. The van der Waals surface area contributed by atoms with Crippen LogP contribution in [0.3, 0.4) is 0 Å². The van der Waals surface area contributed by atoms with Crippen molar-refractivity contribution < 1.29 is 9.84 Å². The van der Waals surface area contributed by atoms with Gasteiger partial charge in [0.15, 0.2) is 0 Å². The molecule has 0 radical (unpaired) electrons. The molecule has 2 heteroatoms. The lowest BCUT2D eigenvalue weighted by Crippen LogP contribution is -1.96. The molecule has 0 amide bonds. The van der Waals surface area contributed by atoms with Crippen LogP contribution < -0.4 is 0 Å². The minimum atomic E-state index is 0.0772. The SMILES string of the molecule is C=Cc1ccccc1COCc1ccc(CO)cc1. The van der Waals surface area contributed by atoms with E-state index < -0.39 is 0 Å². The van der Waals surface area contributed by atoms with Crippen molar-refractivity contribution in [2.45, 2.75) is 19.8 Å². The normalized spacial score (nSPS) is 10.4. The summed E-state index contributed by atoms with van der Waals surface area (Å²) in [6, 6.07) is 15.9. The summed E-state index contributed by atoms with van der Waals surface area (Å²) in [6.45, 7) is 5.01. The Morgan fingerprint density at radius 2 is 1.63 bits per heavy atom. The van der Waals surface area contributed by atoms with Crippen LogP contribution in [0.15, 0.2) is 55.1 Å². The van der Waals surface area contributed by atoms with Gasteiger partial charge in [-0.1, -0.05) is 61.2 Å². The van der Waals surface area contributed by atoms with Crippen molar-refractivity contribution in [2.75, 3.05) is 0 Å². The van der Waals surface area contributed by atoms with E-state index in [1.165, 1.54) is 0 Å². The summed E-state index contributed by atoms with van der Waals surface area (Å²) in [7, 11) is 0. The minimum Gasteiger partial charge on any atom is -0.392 e. The third-order valence-electron chi connectivity index (χ3n) is 3.01. The Morgan fingerprint density at radius 1 is 0.947 bits per heavy atom. The predicted molar refractivity (Wildman–Crippen MR) is 77.4 cm³/mol. The lowest BCUT2D eigenvalue weighted by atomic mass is 10.1. The van der Waals surface area contributed by atoms with Crippen LogP contribution in [-0.2, 0) is 24.6 Å². The van der Waals surface area contributed by atoms with Crippen molar-refractivity contribution in [3.63, 3.8) is 0 Å². The lowest BCUT2D eigenvalue weighted by molar-refractivity contribution is 0.107. The van der Waals surface area contributed by atoms with Crippen LogP contribution in [0, 0.1) is 0 Å². The van der Waals surface area contributed by atoms with Crippen molar-refractivity contribution in [3.05, 3.63) is 77.4 Å². The zero-order valence-corrected chi connectivity index (χ0v) is 10.9. The largest absolute Gasteiger partial charge is 0.392 e. The highest BCUT2D eigenvalue weighted by atomic mass is 16.5. The maximum atomic E-state index is 8.97. The Hall–Kier alpha value is -1.90. The molecule has 0 heterocycles. The summed E-state index contributed by atoms with van der Waals surface area (Å²) in [5.74, 6) is 0. The quantitative estimate of drug-likeness (QED) is 0.854. The molecule has 1 N–H and O–H groups in total. The molecule has 0 bridgehead atoms. The molecule has 2 aromatic carbocycles. The van der Waals surface area contributed by atoms with Crippen LogP contribution in [0.4, 0.5) is 0 Å². The van der Waals surface area contributed by atoms with E-state index in [0.717, 1.165) is 22.3 Å². The van der Waals surface area contributed by atoms with E-state index in [2.05, 4.69) is 6.58 Å². The highest BCUT2D eigenvalue weighted by molar-refractivity contribution is 5.51. The standard InChI is InChI=1S/C17H18O2/c1-2-16-5-3-4-6-17(16)13-19-12-15-9-7-14(11-18)8-10-15/h2-10,18H,1,11-13H2. The molecular weight excluding hydrogens is 236 g/mol. The van der Waals surface area contributed by atoms with Gasteiger partial charge in [0, 0.05) is 0 Å². The van der Waals surface area contributed by atoms with Crippen molar-refractivity contribution >= 4 is 6.08 Å². The Bertz CT molecular complexity index is 529. The van der Waals surface area contributed by atoms with Crippen molar-refractivity contribution in [2.24, 2.45) is 0 Å². The number of ether oxygens (including phenoxy) is 1. The van der Waals surface area contributed by atoms with E-state index in [1.54, 1.807) is 0 Å². The first-order valence-electron chi connectivity index (χ1n) is 6.30. The Balaban J connectivity index is 1.90. The first-order valence-corrected chi connectivity index (χ1v) is 6.30. The Labute approximate surface area is 114 Å². The summed E-state index contributed by atoms with van der Waals surface area (Å²) in [6.07, 6.45) is 1.84. The van der Waals surface area contributed by atoms with E-state index in [4.69, 9.17) is 9.84 Å². The van der Waals surface area contributed by atoms with Gasteiger partial charge in [-0.25, -0.2) is 0 Å². The molecule has 0 aliphatic rings. The smallest absolute Gasteiger partial charge is 0.0727 e. The highest BCUT2D eigenvalue weighted by Crippen LogP contribution is 2.13. The van der Waals surface area contributed by atoms with E-state index in [9.17, 15) is 0 Å². The van der Waals surface area contributed by atoms with Crippen molar-refractivity contribution in [1.82, 2.24) is 0 Å². The fourth-order valence-electron chi connectivity index (χ4n) is 1.88. The molecule has 2 rings (SSSR count). The van der Waals surface area contributed by atoms with Crippen LogP contribution in [-0.4, -0.2) is 5.11 Å². The summed E-state index contributed by atoms with van der Waals surface area (Å²) in [4.78, 5) is 0. The van der Waals surface area contributed by atoms with Gasteiger partial charge in [0.05, 0.1) is 19.8 Å². The molecular formula is C17H18O2. The highest BCUT2D eigenvalue weighted by Gasteiger charge is 1.99. The Kier molecular flexibility index (Phi) is 4.90. The van der Waals surface area contributed by atoms with Gasteiger partial charge in [-0.05, 0) is 22.3 Å². The number of aliphatic hydroxyl groups is 1. The van der Waals surface area contributed by atoms with Crippen LogP contribution in [0.5, 0.6) is 0 Å². The summed E-state index contributed by atoms with van der Waals surface area (Å²) in [5, 5.41) is 8.97. The zero-order valence-electron chi connectivity index (χ0n) is 10.9. The van der Waals surface area contributed by atoms with Crippen molar-refractivity contribution in [1.29, 1.82) is 0 Å². The van der Waals surface area contributed by atoms with Gasteiger partial charge < -0.3 is 9.84 Å². The molecule has 0 unspecified atom stereocenters. The number of aliphatic hydroxyl groups excluding tert-OH is 1. The molecule has 19 heavy (non-hydrogen) atoms. The molecule has 0 aliphatic carbocycles. The number of rotatable bonds is 6. The molecule has 0 aromatic heterocycles. The molecule has 0 saturated heterocycles. The second-order valence-electron chi connectivity index (χ2n) is 4.37. The van der Waals surface area contributed by atoms with Crippen LogP contribution in [0.1, 0.15) is 22.3 Å². The van der Waals surface area contributed by atoms with Gasteiger partial charge in [0.1, 0.15) is 0 Å². The molecule has 0 aliphatic heterocycles. The summed E-state index contributed by atoms with van der Waals surface area (Å²) < 4.78 is 5.71. The number of hydrogen-bond donors (Lipinski definition) is 1. The average molecular weight is 254 g/mol. The van der Waals surface area contributed by atoms with Crippen LogP contribution in [0.2, 0.25) is 0 Å². The molecule has 0 atom stereocenters. The molecule has 0 saturated carbocycles. The third-order valence-corrected chi connectivity index (χ3v) is 3.01. The summed E-state index contributed by atoms with van der Waals surface area (Å²) >= 11 is 0. The molecule has 2 aromatic rings. The topological polar surface area (TPSA) is 29.5 Å². The third kappa shape index (κ3) is 3.78. The van der Waals surface area contributed by atoms with E-state index >= 15 is 0 Å². The maximum Gasteiger partial charge on any atom is 0.0727 e. The van der Waals surface area contributed by atoms with Gasteiger partial charge in [-0.15, -0.1) is 0 Å². The number of benzene rings is 2. The van der Waals surface area contributed by atoms with E-state index in [1.807, 2.05) is 54.6 Å².